The zero-order valence-electron chi connectivity index (χ0n) is 15.2. The minimum Gasteiger partial charge on any atom is -0.322 e. The number of nitrogens with zero attached hydrogens (tertiary/aromatic N) is 2. The number of halogens is 1. The zero-order valence-corrected chi connectivity index (χ0v) is 16.8. The summed E-state index contributed by atoms with van der Waals surface area (Å²) < 4.78 is 0. The molecule has 142 valence electrons. The summed E-state index contributed by atoms with van der Waals surface area (Å²) >= 11 is 7.71. The highest BCUT2D eigenvalue weighted by atomic mass is 35.5. The van der Waals surface area contributed by atoms with Gasteiger partial charge in [-0.1, -0.05) is 23.7 Å². The molecule has 4 rings (SSSR count). The van der Waals surface area contributed by atoms with Gasteiger partial charge in [0, 0.05) is 34.6 Å². The number of hydrogen-bond acceptors (Lipinski definition) is 4. The number of nitrogens with one attached hydrogen (secondary N) is 1. The van der Waals surface area contributed by atoms with Crippen molar-refractivity contribution >= 4 is 46.1 Å². The number of thiazole rings is 1. The molecule has 1 saturated heterocycles. The van der Waals surface area contributed by atoms with Crippen molar-refractivity contribution in [1.82, 2.24) is 4.98 Å². The van der Waals surface area contributed by atoms with Crippen LogP contribution in [0.5, 0.6) is 0 Å². The largest absolute Gasteiger partial charge is 0.322 e. The van der Waals surface area contributed by atoms with Gasteiger partial charge in [-0.05, 0) is 43.7 Å². The molecule has 1 N–H and O–H groups in total. The third kappa shape index (κ3) is 3.79. The van der Waals surface area contributed by atoms with Crippen molar-refractivity contribution in [1.29, 1.82) is 0 Å². The van der Waals surface area contributed by atoms with Crippen molar-refractivity contribution in [3.05, 3.63) is 63.4 Å². The number of anilines is 2. The maximum absolute atomic E-state index is 13.0. The molecular weight excluding hydrogens is 394 g/mol. The van der Waals surface area contributed by atoms with Crippen LogP contribution in [-0.4, -0.2) is 23.3 Å². The first-order valence-electron chi connectivity index (χ1n) is 8.95. The van der Waals surface area contributed by atoms with Gasteiger partial charge in [0.15, 0.2) is 0 Å². The van der Waals surface area contributed by atoms with E-state index in [0.29, 0.717) is 34.9 Å². The van der Waals surface area contributed by atoms with Gasteiger partial charge < -0.3 is 10.2 Å². The van der Waals surface area contributed by atoms with Crippen molar-refractivity contribution in [3.8, 4) is 11.3 Å². The van der Waals surface area contributed by atoms with Gasteiger partial charge in [-0.15, -0.1) is 11.3 Å². The lowest BCUT2D eigenvalue weighted by atomic mass is 10.1. The lowest BCUT2D eigenvalue weighted by Crippen LogP contribution is -2.27. The average Bonchev–Trinajstić information content (AvgIpc) is 3.30. The summed E-state index contributed by atoms with van der Waals surface area (Å²) in [7, 11) is 0. The second kappa shape index (κ2) is 7.73. The van der Waals surface area contributed by atoms with Crippen molar-refractivity contribution in [2.45, 2.75) is 19.8 Å². The quantitative estimate of drug-likeness (QED) is 0.645. The Morgan fingerprint density at radius 3 is 2.82 bits per heavy atom. The highest BCUT2D eigenvalue weighted by Gasteiger charge is 2.26. The minimum absolute atomic E-state index is 0.0113. The first kappa shape index (κ1) is 18.7. The Kier molecular flexibility index (Phi) is 5.15. The molecule has 3 aromatic rings. The summed E-state index contributed by atoms with van der Waals surface area (Å²) in [4.78, 5) is 31.2. The number of hydrogen-bond donors (Lipinski definition) is 1. The average molecular weight is 412 g/mol. The number of benzene rings is 2. The van der Waals surface area contributed by atoms with E-state index in [1.165, 1.54) is 0 Å². The van der Waals surface area contributed by atoms with Gasteiger partial charge in [0.05, 0.1) is 22.0 Å². The number of aromatic nitrogens is 1. The maximum Gasteiger partial charge on any atom is 0.257 e. The highest BCUT2D eigenvalue weighted by molar-refractivity contribution is 7.09. The summed E-state index contributed by atoms with van der Waals surface area (Å²) in [6, 6.07) is 12.6. The molecule has 1 aliphatic rings. The van der Waals surface area contributed by atoms with Crippen molar-refractivity contribution in [3.63, 3.8) is 0 Å². The number of amides is 2. The molecule has 1 aromatic heterocycles. The summed E-state index contributed by atoms with van der Waals surface area (Å²) in [5.41, 5.74) is 3.47. The molecule has 0 radical (unpaired) electrons. The second-order valence-electron chi connectivity index (χ2n) is 6.60. The normalized spacial score (nSPS) is 13.8. The van der Waals surface area contributed by atoms with Crippen LogP contribution in [0.2, 0.25) is 5.02 Å². The van der Waals surface area contributed by atoms with E-state index in [9.17, 15) is 9.59 Å². The van der Waals surface area contributed by atoms with E-state index in [2.05, 4.69) is 10.3 Å². The Labute approximate surface area is 172 Å². The third-order valence-electron chi connectivity index (χ3n) is 4.60. The van der Waals surface area contributed by atoms with E-state index in [1.807, 2.05) is 36.6 Å². The molecule has 0 spiro atoms. The number of aryl methyl sites for hydroxylation is 1. The van der Waals surface area contributed by atoms with E-state index in [-0.39, 0.29) is 11.8 Å². The summed E-state index contributed by atoms with van der Waals surface area (Å²) in [6.07, 6.45) is 1.27. The topological polar surface area (TPSA) is 62.3 Å². The Hall–Kier alpha value is -2.70. The van der Waals surface area contributed by atoms with Crippen LogP contribution in [0.15, 0.2) is 47.8 Å². The maximum atomic E-state index is 13.0. The minimum atomic E-state index is -0.280. The SMILES string of the molecule is Cc1nc(-c2cccc(NC(=O)c3ccc(Cl)cc3N3CCCC3=O)c2)cs1. The van der Waals surface area contributed by atoms with Crippen molar-refractivity contribution in [2.75, 3.05) is 16.8 Å². The fraction of sp³-hybridized carbons (Fsp3) is 0.190. The first-order chi connectivity index (χ1) is 13.5. The molecule has 0 aliphatic carbocycles. The highest BCUT2D eigenvalue weighted by Crippen LogP contribution is 2.30. The van der Waals surface area contributed by atoms with Crippen molar-refractivity contribution in [2.24, 2.45) is 0 Å². The molecule has 0 saturated carbocycles. The van der Waals surface area contributed by atoms with E-state index >= 15 is 0 Å². The molecule has 1 fully saturated rings. The molecule has 1 aliphatic heterocycles. The number of rotatable bonds is 4. The molecule has 0 unspecified atom stereocenters. The monoisotopic (exact) mass is 411 g/mol. The van der Waals surface area contributed by atoms with Crippen LogP contribution in [0.4, 0.5) is 11.4 Å². The molecule has 0 atom stereocenters. The molecular formula is C21H18ClN3O2S. The summed E-state index contributed by atoms with van der Waals surface area (Å²) in [5, 5.41) is 6.41. The first-order valence-corrected chi connectivity index (χ1v) is 10.2. The van der Waals surface area contributed by atoms with Gasteiger partial charge in [-0.3, -0.25) is 9.59 Å². The Morgan fingerprint density at radius 2 is 2.11 bits per heavy atom. The molecule has 7 heteroatoms. The predicted molar refractivity (Wildman–Crippen MR) is 113 cm³/mol. The van der Waals surface area contributed by atoms with Gasteiger partial charge in [0.2, 0.25) is 5.91 Å². The molecule has 28 heavy (non-hydrogen) atoms. The van der Waals surface area contributed by atoms with Crippen LogP contribution < -0.4 is 10.2 Å². The smallest absolute Gasteiger partial charge is 0.257 e. The van der Waals surface area contributed by atoms with Crippen molar-refractivity contribution < 1.29 is 9.59 Å². The van der Waals surface area contributed by atoms with Gasteiger partial charge in [-0.2, -0.15) is 0 Å². The number of carbonyl (C=O) groups is 2. The third-order valence-corrected chi connectivity index (χ3v) is 5.61. The van der Waals surface area contributed by atoms with Gasteiger partial charge >= 0.3 is 0 Å². The summed E-state index contributed by atoms with van der Waals surface area (Å²) in [5.74, 6) is -0.268. The van der Waals surface area contributed by atoms with Crippen LogP contribution in [0.1, 0.15) is 28.2 Å². The van der Waals surface area contributed by atoms with E-state index in [0.717, 1.165) is 22.7 Å². The van der Waals surface area contributed by atoms with E-state index < -0.39 is 0 Å². The van der Waals surface area contributed by atoms with Gasteiger partial charge in [0.25, 0.3) is 5.91 Å². The van der Waals surface area contributed by atoms with E-state index in [4.69, 9.17) is 11.6 Å². The molecule has 2 aromatic carbocycles. The molecule has 5 nitrogen and oxygen atoms in total. The van der Waals surface area contributed by atoms with E-state index in [1.54, 1.807) is 34.4 Å². The lowest BCUT2D eigenvalue weighted by Gasteiger charge is -2.20. The summed E-state index contributed by atoms with van der Waals surface area (Å²) in [6.45, 7) is 2.56. The Morgan fingerprint density at radius 1 is 1.25 bits per heavy atom. The standard InChI is InChI=1S/C21H18ClN3O2S/c1-13-23-18(12-28-13)14-4-2-5-16(10-14)24-21(27)17-8-7-15(22)11-19(17)25-9-3-6-20(25)26/h2,4-5,7-8,10-12H,3,6,9H2,1H3,(H,24,27). The van der Waals surface area contributed by atoms with Crippen LogP contribution >= 0.6 is 22.9 Å². The lowest BCUT2D eigenvalue weighted by molar-refractivity contribution is -0.117. The zero-order chi connectivity index (χ0) is 19.7. The second-order valence-corrected chi connectivity index (χ2v) is 8.10. The fourth-order valence-electron chi connectivity index (χ4n) is 3.27. The molecule has 2 amide bonds. The molecule has 0 bridgehead atoms. The molecule has 2 heterocycles. The van der Waals surface area contributed by atoms with Gasteiger partial charge in [-0.25, -0.2) is 4.98 Å². The fourth-order valence-corrected chi connectivity index (χ4v) is 4.06. The van der Waals surface area contributed by atoms with Gasteiger partial charge in [0.1, 0.15) is 0 Å². The predicted octanol–water partition coefficient (Wildman–Crippen LogP) is 5.15. The van der Waals surface area contributed by atoms with Crippen LogP contribution in [0.3, 0.4) is 0 Å². The van der Waals surface area contributed by atoms with Crippen LogP contribution in [-0.2, 0) is 4.79 Å². The Bertz CT molecular complexity index is 1060. The number of carbonyl (C=O) groups excluding carboxylic acids is 2. The Balaban J connectivity index is 1.62. The van der Waals surface area contributed by atoms with Crippen LogP contribution in [0.25, 0.3) is 11.3 Å². The van der Waals surface area contributed by atoms with Crippen LogP contribution in [0, 0.1) is 6.92 Å².